The molecule has 2 N–H and O–H groups in total. The van der Waals surface area contributed by atoms with Gasteiger partial charge in [-0.3, -0.25) is 24.1 Å². The van der Waals surface area contributed by atoms with Crippen LogP contribution in [0.4, 0.5) is 11.4 Å². The molecule has 1 saturated heterocycles. The van der Waals surface area contributed by atoms with Crippen LogP contribution in [0.3, 0.4) is 0 Å². The number of fused-ring (bicyclic) bond motifs is 9. The SMILES string of the molecule is COc1cc([C@@H]2c3sc(=O)[nH]c3S[C@@H]3[C@@H]4C[C@@H]([C@@H]5C(=O)N(c6ccc(C)cc6)C(=O)[C@@H]45)[C@H]23)ccc1OCC(=O)Nc1ccc(C)cc1. The zero-order valence-electron chi connectivity index (χ0n) is 26.0. The number of carbonyl (C=O) groups is 3. The third kappa shape index (κ3) is 4.90. The van der Waals surface area contributed by atoms with Crippen LogP contribution in [0.25, 0.3) is 0 Å². The molecule has 8 rings (SSSR count). The summed E-state index contributed by atoms with van der Waals surface area (Å²) in [5, 5.41) is 3.76. The zero-order chi connectivity index (χ0) is 32.6. The lowest BCUT2D eigenvalue weighted by atomic mass is 9.68. The number of nitrogens with one attached hydrogen (secondary N) is 2. The maximum absolute atomic E-state index is 14.0. The molecule has 3 fully saturated rings. The fourth-order valence-corrected chi connectivity index (χ4v) is 11.2. The van der Waals surface area contributed by atoms with E-state index in [9.17, 15) is 19.2 Å². The second-order valence-corrected chi connectivity index (χ2v) is 15.1. The summed E-state index contributed by atoms with van der Waals surface area (Å²) in [6.07, 6.45) is 0.807. The quantitative estimate of drug-likeness (QED) is 0.241. The molecule has 3 amide bonds. The Bertz CT molecular complexity index is 1970. The van der Waals surface area contributed by atoms with Gasteiger partial charge in [0.1, 0.15) is 0 Å². The van der Waals surface area contributed by atoms with Crippen molar-refractivity contribution in [2.24, 2.45) is 29.6 Å². The number of imide groups is 1. The molecule has 47 heavy (non-hydrogen) atoms. The number of aromatic amines is 1. The van der Waals surface area contributed by atoms with Crippen molar-refractivity contribution < 1.29 is 23.9 Å². The molecule has 2 bridgehead atoms. The zero-order valence-corrected chi connectivity index (χ0v) is 27.7. The van der Waals surface area contributed by atoms with E-state index in [1.165, 1.54) is 16.2 Å². The van der Waals surface area contributed by atoms with Gasteiger partial charge < -0.3 is 19.8 Å². The van der Waals surface area contributed by atoms with Gasteiger partial charge in [0, 0.05) is 21.7 Å². The molecular formula is C36H33N3O6S2. The van der Waals surface area contributed by atoms with E-state index >= 15 is 0 Å². The summed E-state index contributed by atoms with van der Waals surface area (Å²) >= 11 is 2.87. The maximum Gasteiger partial charge on any atom is 0.305 e. The van der Waals surface area contributed by atoms with Crippen LogP contribution >= 0.6 is 23.1 Å². The molecule has 4 aliphatic rings. The predicted octanol–water partition coefficient (Wildman–Crippen LogP) is 5.76. The number of anilines is 2. The number of thioether (sulfide) groups is 1. The molecule has 2 aliphatic heterocycles. The number of aryl methyl sites for hydroxylation is 2. The number of thiazole rings is 1. The molecule has 4 aromatic rings. The Kier molecular flexibility index (Phi) is 7.29. The fourth-order valence-electron chi connectivity index (χ4n) is 8.31. The van der Waals surface area contributed by atoms with Gasteiger partial charge in [0.15, 0.2) is 18.1 Å². The molecule has 3 aromatic carbocycles. The van der Waals surface area contributed by atoms with Gasteiger partial charge in [-0.15, -0.1) is 11.8 Å². The molecule has 0 radical (unpaired) electrons. The third-order valence-electron chi connectivity index (χ3n) is 10.3. The Hall–Kier alpha value is -4.35. The number of nitrogens with zero attached hydrogens (tertiary/aromatic N) is 1. The minimum absolute atomic E-state index is 0.00265. The molecule has 1 aromatic heterocycles. The molecule has 9 nitrogen and oxygen atoms in total. The number of benzene rings is 3. The summed E-state index contributed by atoms with van der Waals surface area (Å²) in [4.78, 5) is 58.5. The van der Waals surface area contributed by atoms with Gasteiger partial charge in [0.2, 0.25) is 11.8 Å². The van der Waals surface area contributed by atoms with Crippen molar-refractivity contribution >= 4 is 52.2 Å². The molecule has 2 saturated carbocycles. The summed E-state index contributed by atoms with van der Waals surface area (Å²) in [7, 11) is 1.56. The van der Waals surface area contributed by atoms with Gasteiger partial charge in [-0.2, -0.15) is 0 Å². The van der Waals surface area contributed by atoms with Crippen LogP contribution in [0.2, 0.25) is 0 Å². The smallest absolute Gasteiger partial charge is 0.305 e. The number of rotatable bonds is 7. The fraction of sp³-hybridized carbons (Fsp3) is 0.333. The Morgan fingerprint density at radius 3 is 2.30 bits per heavy atom. The van der Waals surface area contributed by atoms with E-state index in [0.717, 1.165) is 33.0 Å². The monoisotopic (exact) mass is 667 g/mol. The third-order valence-corrected chi connectivity index (χ3v) is 12.8. The number of H-pyrrole nitrogens is 1. The van der Waals surface area contributed by atoms with Gasteiger partial charge in [-0.1, -0.05) is 52.8 Å². The highest BCUT2D eigenvalue weighted by Crippen LogP contribution is 2.68. The van der Waals surface area contributed by atoms with E-state index < -0.39 is 0 Å². The summed E-state index contributed by atoms with van der Waals surface area (Å²) in [5.41, 5.74) is 4.43. The Morgan fingerprint density at radius 2 is 1.60 bits per heavy atom. The molecule has 2 aliphatic carbocycles. The van der Waals surface area contributed by atoms with E-state index in [0.29, 0.717) is 22.9 Å². The van der Waals surface area contributed by atoms with Crippen molar-refractivity contribution in [3.63, 3.8) is 0 Å². The van der Waals surface area contributed by atoms with E-state index in [1.807, 2.05) is 74.5 Å². The van der Waals surface area contributed by atoms with Crippen LogP contribution in [0, 0.1) is 43.4 Å². The van der Waals surface area contributed by atoms with Gasteiger partial charge >= 0.3 is 4.87 Å². The van der Waals surface area contributed by atoms with Crippen molar-refractivity contribution in [2.45, 2.75) is 36.5 Å². The van der Waals surface area contributed by atoms with Crippen molar-refractivity contribution in [3.8, 4) is 11.5 Å². The standard InChI is InChI=1S/C36H33N3O6S2/c1-17-4-9-20(10-5-17)37-26(40)16-45-24-13-8-19(14-25(24)44-3)27-28-22-15-23(31(28)46-33-32(27)47-36(43)38-33)30-29(22)34(41)39(35(30)42)21-11-6-18(2)7-12-21/h4-14,22-23,27-31H,15-16H2,1-3H3,(H,37,40)(H,38,43)/t22-,23-,27+,28-,29+,30+,31-/m1/s1. The molecule has 3 heterocycles. The maximum atomic E-state index is 14.0. The summed E-state index contributed by atoms with van der Waals surface area (Å²) in [6.45, 7) is 3.77. The first-order valence-corrected chi connectivity index (χ1v) is 17.4. The Labute approximate surface area is 279 Å². The topological polar surface area (TPSA) is 118 Å². The van der Waals surface area contributed by atoms with Gasteiger partial charge in [0.25, 0.3) is 5.91 Å². The van der Waals surface area contributed by atoms with Crippen molar-refractivity contribution in [1.29, 1.82) is 0 Å². The molecule has 0 unspecified atom stereocenters. The highest BCUT2D eigenvalue weighted by molar-refractivity contribution is 8.00. The molecule has 0 spiro atoms. The minimum atomic E-state index is -0.382. The van der Waals surface area contributed by atoms with Crippen LogP contribution in [-0.2, 0) is 14.4 Å². The largest absolute Gasteiger partial charge is 0.493 e. The number of ether oxygens (including phenoxy) is 2. The number of carbonyl (C=O) groups excluding carboxylic acids is 3. The number of hydrogen-bond acceptors (Lipinski definition) is 8. The lowest BCUT2D eigenvalue weighted by Gasteiger charge is -2.43. The second kappa shape index (κ2) is 11.4. The normalized spacial score (nSPS) is 27.0. The highest BCUT2D eigenvalue weighted by atomic mass is 32.2. The molecule has 11 heteroatoms. The van der Waals surface area contributed by atoms with Crippen LogP contribution in [-0.4, -0.2) is 41.7 Å². The highest BCUT2D eigenvalue weighted by Gasteiger charge is 2.69. The number of methoxy groups -OCH3 is 1. The van der Waals surface area contributed by atoms with E-state index in [2.05, 4.69) is 10.3 Å². The predicted molar refractivity (Wildman–Crippen MR) is 180 cm³/mol. The van der Waals surface area contributed by atoms with E-state index in [4.69, 9.17) is 9.47 Å². The first-order valence-electron chi connectivity index (χ1n) is 15.7. The molecular weight excluding hydrogens is 635 g/mol. The Morgan fingerprint density at radius 1 is 0.915 bits per heavy atom. The summed E-state index contributed by atoms with van der Waals surface area (Å²) in [5.74, 6) is -0.430. The lowest BCUT2D eigenvalue weighted by molar-refractivity contribution is -0.123. The summed E-state index contributed by atoms with van der Waals surface area (Å²) < 4.78 is 11.6. The van der Waals surface area contributed by atoms with E-state index in [-0.39, 0.29) is 70.0 Å². The van der Waals surface area contributed by atoms with Crippen molar-refractivity contribution in [1.82, 2.24) is 4.98 Å². The Balaban J connectivity index is 1.09. The first-order chi connectivity index (χ1) is 22.7. The van der Waals surface area contributed by atoms with Gasteiger partial charge in [-0.05, 0) is 80.0 Å². The molecule has 7 atom stereocenters. The summed E-state index contributed by atoms with van der Waals surface area (Å²) in [6, 6.07) is 20.8. The minimum Gasteiger partial charge on any atom is -0.493 e. The number of hydrogen-bond donors (Lipinski definition) is 2. The van der Waals surface area contributed by atoms with Crippen LogP contribution in [0.15, 0.2) is 76.6 Å². The van der Waals surface area contributed by atoms with Crippen LogP contribution in [0.1, 0.15) is 33.9 Å². The second-order valence-electron chi connectivity index (χ2n) is 12.9. The molecule has 240 valence electrons. The van der Waals surface area contributed by atoms with Crippen LogP contribution < -0.4 is 24.6 Å². The van der Waals surface area contributed by atoms with Gasteiger partial charge in [0.05, 0.1) is 29.7 Å². The van der Waals surface area contributed by atoms with Crippen molar-refractivity contribution in [2.75, 3.05) is 23.9 Å². The number of aromatic nitrogens is 1. The average molecular weight is 668 g/mol. The van der Waals surface area contributed by atoms with Crippen molar-refractivity contribution in [3.05, 3.63) is 98.0 Å². The van der Waals surface area contributed by atoms with E-state index in [1.54, 1.807) is 24.9 Å². The average Bonchev–Trinajstić information content (AvgIpc) is 3.80. The van der Waals surface area contributed by atoms with Gasteiger partial charge in [-0.25, -0.2) is 0 Å². The number of amides is 3. The lowest BCUT2D eigenvalue weighted by Crippen LogP contribution is -2.42. The first kappa shape index (κ1) is 30.0. The van der Waals surface area contributed by atoms with Crippen LogP contribution in [0.5, 0.6) is 11.5 Å².